The zero-order valence-corrected chi connectivity index (χ0v) is 26.2. The van der Waals surface area contributed by atoms with Crippen LogP contribution in [0.2, 0.25) is 0 Å². The van der Waals surface area contributed by atoms with Crippen molar-refractivity contribution in [3.8, 4) is 28.7 Å². The van der Waals surface area contributed by atoms with Gasteiger partial charge in [-0.1, -0.05) is 6.42 Å². The summed E-state index contributed by atoms with van der Waals surface area (Å²) in [5.74, 6) is -0.680. The van der Waals surface area contributed by atoms with Gasteiger partial charge in [0.2, 0.25) is 0 Å². The number of rotatable bonds is 10. The molecule has 2 aliphatic rings. The molecule has 0 bridgehead atoms. The maximum absolute atomic E-state index is 15.3. The Balaban J connectivity index is 1.04. The number of amides is 1. The van der Waals surface area contributed by atoms with E-state index in [4.69, 9.17) is 14.2 Å². The van der Waals surface area contributed by atoms with Crippen molar-refractivity contribution in [2.45, 2.75) is 32.1 Å². The minimum atomic E-state index is -0.757. The Bertz CT molecular complexity index is 2030. The summed E-state index contributed by atoms with van der Waals surface area (Å²) < 4.78 is 47.7. The van der Waals surface area contributed by atoms with E-state index in [2.05, 4.69) is 15.2 Å². The number of nitrogens with zero attached hydrogens (tertiary/aromatic N) is 3. The number of hydrogen-bond acceptors (Lipinski definition) is 7. The van der Waals surface area contributed by atoms with Gasteiger partial charge in [-0.2, -0.15) is 0 Å². The van der Waals surface area contributed by atoms with E-state index < -0.39 is 23.1 Å². The molecule has 1 amide bonds. The van der Waals surface area contributed by atoms with Crippen molar-refractivity contribution in [2.24, 2.45) is 0 Å². The van der Waals surface area contributed by atoms with Gasteiger partial charge in [0, 0.05) is 59.8 Å². The highest BCUT2D eigenvalue weighted by Crippen LogP contribution is 2.34. The van der Waals surface area contributed by atoms with Crippen LogP contribution in [-0.2, 0) is 6.42 Å². The smallest absolute Gasteiger partial charge is 0.271 e. The Morgan fingerprint density at radius 1 is 0.958 bits per heavy atom. The number of carbonyl (C=O) groups excluding carboxylic acids is 1. The van der Waals surface area contributed by atoms with E-state index in [1.807, 2.05) is 18.2 Å². The fraction of sp³-hybridized carbons (Fsp3) is 0.270. The first-order valence-corrected chi connectivity index (χ1v) is 16.1. The van der Waals surface area contributed by atoms with Gasteiger partial charge >= 0.3 is 0 Å². The van der Waals surface area contributed by atoms with Gasteiger partial charge in [0.1, 0.15) is 28.6 Å². The van der Waals surface area contributed by atoms with Crippen molar-refractivity contribution in [1.82, 2.24) is 14.5 Å². The van der Waals surface area contributed by atoms with Crippen molar-refractivity contribution >= 4 is 22.5 Å². The van der Waals surface area contributed by atoms with E-state index in [0.29, 0.717) is 53.3 Å². The lowest BCUT2D eigenvalue weighted by Gasteiger charge is -2.26. The number of carbonyl (C=O) groups is 1. The summed E-state index contributed by atoms with van der Waals surface area (Å²) in [5, 5.41) is 3.29. The van der Waals surface area contributed by atoms with Crippen LogP contribution < -0.4 is 25.1 Å². The van der Waals surface area contributed by atoms with Crippen LogP contribution in [0.1, 0.15) is 41.6 Å². The fourth-order valence-corrected chi connectivity index (χ4v) is 6.17. The third kappa shape index (κ3) is 6.72. The number of pyridine rings is 2. The van der Waals surface area contributed by atoms with Crippen LogP contribution in [0.3, 0.4) is 0 Å². The predicted molar refractivity (Wildman–Crippen MR) is 178 cm³/mol. The maximum atomic E-state index is 15.3. The van der Waals surface area contributed by atoms with Crippen LogP contribution in [0, 0.1) is 11.6 Å². The van der Waals surface area contributed by atoms with Crippen LogP contribution in [0.5, 0.6) is 23.0 Å². The average Bonchev–Trinajstić information content (AvgIpc) is 3.56. The third-order valence-corrected chi connectivity index (χ3v) is 8.61. The van der Waals surface area contributed by atoms with Gasteiger partial charge in [-0.3, -0.25) is 19.1 Å². The molecule has 0 atom stereocenters. The van der Waals surface area contributed by atoms with Crippen molar-refractivity contribution in [1.29, 1.82) is 0 Å². The van der Waals surface area contributed by atoms with Crippen molar-refractivity contribution < 1.29 is 27.8 Å². The van der Waals surface area contributed by atoms with Gasteiger partial charge in [-0.05, 0) is 86.9 Å². The Morgan fingerprint density at radius 2 is 1.79 bits per heavy atom. The normalized spacial score (nSPS) is 14.4. The van der Waals surface area contributed by atoms with Gasteiger partial charge in [0.15, 0.2) is 11.6 Å². The number of fused-ring (bicyclic) bond motifs is 2. The summed E-state index contributed by atoms with van der Waals surface area (Å²) in [6, 6.07) is 16.5. The molecule has 0 saturated carbocycles. The molecule has 0 radical (unpaired) electrons. The Hall–Kier alpha value is -5.29. The van der Waals surface area contributed by atoms with Crippen molar-refractivity contribution in [2.75, 3.05) is 38.2 Å². The molecule has 3 aromatic carbocycles. The van der Waals surface area contributed by atoms with Crippen molar-refractivity contribution in [3.05, 3.63) is 112 Å². The minimum absolute atomic E-state index is 0.0545. The molecular formula is C37H34F2N4O5. The number of hydrogen-bond donors (Lipinski definition) is 1. The van der Waals surface area contributed by atoms with Gasteiger partial charge in [0.25, 0.3) is 11.5 Å². The molecule has 2 aromatic heterocycles. The second kappa shape index (κ2) is 13.8. The average molecular weight is 653 g/mol. The number of piperidine rings is 1. The van der Waals surface area contributed by atoms with Gasteiger partial charge in [-0.25, -0.2) is 8.78 Å². The second-order valence-corrected chi connectivity index (χ2v) is 11.9. The highest BCUT2D eigenvalue weighted by Gasteiger charge is 2.27. The molecule has 246 valence electrons. The van der Waals surface area contributed by atoms with E-state index in [0.717, 1.165) is 32.1 Å². The fourth-order valence-electron chi connectivity index (χ4n) is 6.17. The van der Waals surface area contributed by atoms with Crippen LogP contribution >= 0.6 is 0 Å². The van der Waals surface area contributed by atoms with E-state index in [1.54, 1.807) is 18.5 Å². The number of ether oxygens (including phenoxy) is 3. The molecule has 9 nitrogen and oxygen atoms in total. The number of halogens is 2. The van der Waals surface area contributed by atoms with E-state index >= 15 is 4.39 Å². The largest absolute Gasteiger partial charge is 0.493 e. The Morgan fingerprint density at radius 3 is 2.60 bits per heavy atom. The lowest BCUT2D eigenvalue weighted by Crippen LogP contribution is -2.31. The molecule has 1 saturated heterocycles. The third-order valence-electron chi connectivity index (χ3n) is 8.61. The van der Waals surface area contributed by atoms with Crippen LogP contribution in [-0.4, -0.2) is 53.2 Å². The molecule has 0 spiro atoms. The number of benzene rings is 3. The highest BCUT2D eigenvalue weighted by molar-refractivity contribution is 6.06. The first-order chi connectivity index (χ1) is 23.4. The SMILES string of the molecule is O=C(Nc1ccc(Oc2ccnc3cc(OCCCN4CCCCC4)ccc23)c(F)c1)c1c2c(cn(-c3ccc(F)cc3)c1=O)CCO2. The molecule has 2 aliphatic heterocycles. The summed E-state index contributed by atoms with van der Waals surface area (Å²) in [6.07, 6.45) is 8.47. The molecule has 5 aromatic rings. The molecule has 11 heteroatoms. The maximum Gasteiger partial charge on any atom is 0.271 e. The number of anilines is 1. The molecule has 4 heterocycles. The molecule has 7 rings (SSSR count). The molecule has 48 heavy (non-hydrogen) atoms. The van der Waals surface area contributed by atoms with Gasteiger partial charge in [-0.15, -0.1) is 0 Å². The minimum Gasteiger partial charge on any atom is -0.493 e. The number of likely N-dealkylation sites (tertiary alicyclic amines) is 1. The zero-order chi connectivity index (χ0) is 33.0. The lowest BCUT2D eigenvalue weighted by atomic mass is 10.1. The Kier molecular flexibility index (Phi) is 9.02. The molecule has 0 unspecified atom stereocenters. The van der Waals surface area contributed by atoms with Gasteiger partial charge < -0.3 is 24.4 Å². The number of aromatic nitrogens is 2. The summed E-state index contributed by atoms with van der Waals surface area (Å²) in [5.41, 5.74) is 0.965. The van der Waals surface area contributed by atoms with Crippen molar-refractivity contribution in [3.63, 3.8) is 0 Å². The highest BCUT2D eigenvalue weighted by atomic mass is 19.1. The topological polar surface area (TPSA) is 94.9 Å². The molecule has 1 N–H and O–H groups in total. The van der Waals surface area contributed by atoms with Crippen LogP contribution in [0.15, 0.2) is 83.9 Å². The van der Waals surface area contributed by atoms with Gasteiger partial charge in [0.05, 0.1) is 18.7 Å². The van der Waals surface area contributed by atoms with Crippen LogP contribution in [0.25, 0.3) is 16.6 Å². The molecule has 1 fully saturated rings. The zero-order valence-electron chi connectivity index (χ0n) is 26.2. The number of nitrogens with one attached hydrogen (secondary N) is 1. The summed E-state index contributed by atoms with van der Waals surface area (Å²) >= 11 is 0. The van der Waals surface area contributed by atoms with Crippen LogP contribution in [0.4, 0.5) is 14.5 Å². The lowest BCUT2D eigenvalue weighted by molar-refractivity contribution is 0.102. The van der Waals surface area contributed by atoms with E-state index in [9.17, 15) is 14.0 Å². The Labute approximate surface area is 275 Å². The van der Waals surface area contributed by atoms with E-state index in [1.165, 1.54) is 60.2 Å². The standard InChI is InChI=1S/C37H34F2N4O5/c38-25-5-8-27(9-6-25)43-23-24-14-20-47-35(24)34(37(43)45)36(44)41-26-7-12-33(30(39)21-26)48-32-13-15-40-31-22-28(10-11-29(31)32)46-19-4-18-42-16-2-1-3-17-42/h5-13,15,21-23H,1-4,14,16-20H2,(H,41,44). The molecular weight excluding hydrogens is 618 g/mol. The molecule has 0 aliphatic carbocycles. The summed E-state index contributed by atoms with van der Waals surface area (Å²) in [7, 11) is 0. The first-order valence-electron chi connectivity index (χ1n) is 16.1. The first kappa shape index (κ1) is 31.3. The second-order valence-electron chi connectivity index (χ2n) is 11.9. The monoisotopic (exact) mass is 652 g/mol. The van der Waals surface area contributed by atoms with E-state index in [-0.39, 0.29) is 22.7 Å². The summed E-state index contributed by atoms with van der Waals surface area (Å²) in [4.78, 5) is 33.8. The predicted octanol–water partition coefficient (Wildman–Crippen LogP) is 6.90. The quantitative estimate of drug-likeness (QED) is 0.164. The summed E-state index contributed by atoms with van der Waals surface area (Å²) in [6.45, 7) is 4.26.